The monoisotopic (exact) mass is 368 g/mol. The predicted molar refractivity (Wildman–Crippen MR) is 94.3 cm³/mol. The first kappa shape index (κ1) is 19.9. The average Bonchev–Trinajstić information content (AvgIpc) is 2.60. The van der Waals surface area contributed by atoms with Crippen molar-refractivity contribution >= 4 is 0 Å². The summed E-state index contributed by atoms with van der Waals surface area (Å²) >= 11 is 0. The number of hydrogen-bond acceptors (Lipinski definition) is 3. The van der Waals surface area contributed by atoms with Crippen LogP contribution in [0.4, 0.5) is 13.2 Å². The number of ether oxygens (including phenoxy) is 3. The molecule has 142 valence electrons. The fraction of sp³-hybridized carbons (Fsp3) is 0.400. The molecule has 0 fully saturated rings. The summed E-state index contributed by atoms with van der Waals surface area (Å²) in [5, 5.41) is 0. The summed E-state index contributed by atoms with van der Waals surface area (Å²) in [5.41, 5.74) is 2.40. The molecule has 0 saturated heterocycles. The van der Waals surface area contributed by atoms with Gasteiger partial charge in [-0.05, 0) is 62.2 Å². The van der Waals surface area contributed by atoms with Gasteiger partial charge in [0, 0.05) is 12.0 Å². The SMILES string of the molecule is COc1cc(C)c(C)c(OCCCOc2ccc(C(F)(F)F)cc2)c1C. The van der Waals surface area contributed by atoms with E-state index in [1.54, 1.807) is 7.11 Å². The smallest absolute Gasteiger partial charge is 0.416 e. The molecule has 0 unspecified atom stereocenters. The highest BCUT2D eigenvalue weighted by Gasteiger charge is 2.29. The second-order valence-corrected chi connectivity index (χ2v) is 6.05. The zero-order valence-electron chi connectivity index (χ0n) is 15.4. The molecule has 2 aromatic carbocycles. The molecule has 0 aliphatic carbocycles. The summed E-state index contributed by atoms with van der Waals surface area (Å²) in [4.78, 5) is 0. The molecule has 2 rings (SSSR count). The van der Waals surface area contributed by atoms with Crippen LogP contribution < -0.4 is 14.2 Å². The maximum Gasteiger partial charge on any atom is 0.416 e. The minimum Gasteiger partial charge on any atom is -0.496 e. The standard InChI is InChI=1S/C20H23F3O3/c1-13-12-18(24-4)15(3)19(14(13)2)26-11-5-10-25-17-8-6-16(7-9-17)20(21,22)23/h6-9,12H,5,10-11H2,1-4H3. The number of rotatable bonds is 7. The van der Waals surface area contributed by atoms with Crippen molar-refractivity contribution in [3.05, 3.63) is 52.6 Å². The van der Waals surface area contributed by atoms with Crippen molar-refractivity contribution in [3.63, 3.8) is 0 Å². The van der Waals surface area contributed by atoms with Gasteiger partial charge < -0.3 is 14.2 Å². The third kappa shape index (κ3) is 4.84. The minimum atomic E-state index is -4.34. The minimum absolute atomic E-state index is 0.354. The van der Waals surface area contributed by atoms with Crippen LogP contribution in [0.25, 0.3) is 0 Å². The fourth-order valence-electron chi connectivity index (χ4n) is 2.58. The lowest BCUT2D eigenvalue weighted by Gasteiger charge is -2.17. The highest BCUT2D eigenvalue weighted by molar-refractivity contribution is 5.52. The first-order valence-electron chi connectivity index (χ1n) is 8.31. The van der Waals surface area contributed by atoms with Gasteiger partial charge in [0.15, 0.2) is 0 Å². The Hall–Kier alpha value is -2.37. The maximum atomic E-state index is 12.5. The van der Waals surface area contributed by atoms with E-state index >= 15 is 0 Å². The van der Waals surface area contributed by atoms with E-state index < -0.39 is 11.7 Å². The van der Waals surface area contributed by atoms with Crippen LogP contribution in [0, 0.1) is 20.8 Å². The number of hydrogen-bond donors (Lipinski definition) is 0. The third-order valence-electron chi connectivity index (χ3n) is 4.20. The molecule has 3 nitrogen and oxygen atoms in total. The van der Waals surface area contributed by atoms with Crippen molar-refractivity contribution in [2.45, 2.75) is 33.4 Å². The van der Waals surface area contributed by atoms with Crippen LogP contribution in [0.5, 0.6) is 17.2 Å². The average molecular weight is 368 g/mol. The van der Waals surface area contributed by atoms with Crippen LogP contribution >= 0.6 is 0 Å². The van der Waals surface area contributed by atoms with E-state index in [2.05, 4.69) is 0 Å². The second kappa shape index (κ2) is 8.34. The molecule has 26 heavy (non-hydrogen) atoms. The quantitative estimate of drug-likeness (QED) is 0.605. The van der Waals surface area contributed by atoms with Crippen molar-refractivity contribution in [1.82, 2.24) is 0 Å². The summed E-state index contributed by atoms with van der Waals surface area (Å²) in [5.74, 6) is 1.99. The van der Waals surface area contributed by atoms with Gasteiger partial charge in [-0.25, -0.2) is 0 Å². The molecule has 0 aliphatic rings. The van der Waals surface area contributed by atoms with E-state index in [1.165, 1.54) is 12.1 Å². The Morgan fingerprint density at radius 1 is 0.885 bits per heavy atom. The second-order valence-electron chi connectivity index (χ2n) is 6.05. The van der Waals surface area contributed by atoms with Gasteiger partial charge in [0.25, 0.3) is 0 Å². The Morgan fingerprint density at radius 2 is 1.50 bits per heavy atom. The van der Waals surface area contributed by atoms with E-state index in [1.807, 2.05) is 26.8 Å². The van der Waals surface area contributed by atoms with Crippen molar-refractivity contribution in [2.24, 2.45) is 0 Å². The van der Waals surface area contributed by atoms with Crippen LogP contribution in [0.2, 0.25) is 0 Å². The lowest BCUT2D eigenvalue weighted by molar-refractivity contribution is -0.137. The number of halogens is 3. The van der Waals surface area contributed by atoms with Crippen LogP contribution in [0.15, 0.2) is 30.3 Å². The molecule has 6 heteroatoms. The Labute approximate surface area is 151 Å². The predicted octanol–water partition coefficient (Wildman–Crippen LogP) is 5.49. The van der Waals surface area contributed by atoms with Gasteiger partial charge in [-0.3, -0.25) is 0 Å². The van der Waals surface area contributed by atoms with Crippen LogP contribution in [0.3, 0.4) is 0 Å². The summed E-state index contributed by atoms with van der Waals surface area (Å²) in [6, 6.07) is 6.65. The summed E-state index contributed by atoms with van der Waals surface area (Å²) < 4.78 is 54.3. The molecule has 0 aromatic heterocycles. The van der Waals surface area contributed by atoms with E-state index in [4.69, 9.17) is 14.2 Å². The zero-order valence-corrected chi connectivity index (χ0v) is 15.4. The van der Waals surface area contributed by atoms with Crippen LogP contribution in [-0.2, 0) is 6.18 Å². The normalized spacial score (nSPS) is 11.3. The molecule has 0 spiro atoms. The Morgan fingerprint density at radius 3 is 2.08 bits per heavy atom. The Balaban J connectivity index is 1.85. The molecular formula is C20H23F3O3. The van der Waals surface area contributed by atoms with Gasteiger partial charge in [-0.2, -0.15) is 13.2 Å². The van der Waals surface area contributed by atoms with Gasteiger partial charge in [-0.15, -0.1) is 0 Å². The molecule has 0 aliphatic heterocycles. The van der Waals surface area contributed by atoms with Gasteiger partial charge in [0.2, 0.25) is 0 Å². The highest BCUT2D eigenvalue weighted by atomic mass is 19.4. The first-order valence-corrected chi connectivity index (χ1v) is 8.31. The fourth-order valence-corrected chi connectivity index (χ4v) is 2.58. The summed E-state index contributed by atoms with van der Waals surface area (Å²) in [7, 11) is 1.62. The first-order chi connectivity index (χ1) is 12.2. The molecule has 0 amide bonds. The summed E-state index contributed by atoms with van der Waals surface area (Å²) in [6.07, 6.45) is -3.73. The number of methoxy groups -OCH3 is 1. The Bertz CT molecular complexity index is 737. The molecule has 0 N–H and O–H groups in total. The Kier molecular flexibility index (Phi) is 6.40. The summed E-state index contributed by atoms with van der Waals surface area (Å²) in [6.45, 7) is 6.73. The van der Waals surface area contributed by atoms with E-state index in [9.17, 15) is 13.2 Å². The van der Waals surface area contributed by atoms with Crippen molar-refractivity contribution < 1.29 is 27.4 Å². The van der Waals surface area contributed by atoms with Gasteiger partial charge in [-0.1, -0.05) is 0 Å². The molecule has 0 saturated carbocycles. The van der Waals surface area contributed by atoms with Crippen LogP contribution in [0.1, 0.15) is 28.7 Å². The maximum absolute atomic E-state index is 12.5. The molecule has 0 bridgehead atoms. The lowest BCUT2D eigenvalue weighted by Crippen LogP contribution is -2.08. The van der Waals surface area contributed by atoms with Gasteiger partial charge in [0.1, 0.15) is 17.2 Å². The van der Waals surface area contributed by atoms with E-state index in [-0.39, 0.29) is 0 Å². The zero-order chi connectivity index (χ0) is 19.3. The van der Waals surface area contributed by atoms with E-state index in [0.29, 0.717) is 25.4 Å². The van der Waals surface area contributed by atoms with Crippen molar-refractivity contribution in [2.75, 3.05) is 20.3 Å². The van der Waals surface area contributed by atoms with Crippen molar-refractivity contribution in [3.8, 4) is 17.2 Å². The number of alkyl halides is 3. The third-order valence-corrected chi connectivity index (χ3v) is 4.20. The molecule has 0 atom stereocenters. The molecule has 0 heterocycles. The highest BCUT2D eigenvalue weighted by Crippen LogP contribution is 2.34. The molecule has 0 radical (unpaired) electrons. The lowest BCUT2D eigenvalue weighted by atomic mass is 10.0. The van der Waals surface area contributed by atoms with E-state index in [0.717, 1.165) is 40.3 Å². The number of aryl methyl sites for hydroxylation is 1. The van der Waals surface area contributed by atoms with Gasteiger partial charge in [0.05, 0.1) is 25.9 Å². The van der Waals surface area contributed by atoms with Gasteiger partial charge >= 0.3 is 6.18 Å². The molecular weight excluding hydrogens is 345 g/mol. The molecule has 2 aromatic rings. The number of benzene rings is 2. The van der Waals surface area contributed by atoms with Crippen LogP contribution in [-0.4, -0.2) is 20.3 Å². The topological polar surface area (TPSA) is 27.7 Å². The largest absolute Gasteiger partial charge is 0.496 e. The van der Waals surface area contributed by atoms with Crippen molar-refractivity contribution in [1.29, 1.82) is 0 Å².